The van der Waals surface area contributed by atoms with Gasteiger partial charge in [0.05, 0.1) is 0 Å². The predicted molar refractivity (Wildman–Crippen MR) is 63.1 cm³/mol. The molecule has 0 radical (unpaired) electrons. The van der Waals surface area contributed by atoms with Gasteiger partial charge >= 0.3 is 0 Å². The van der Waals surface area contributed by atoms with Gasteiger partial charge in [-0.1, -0.05) is 18.2 Å². The molecule has 2 heterocycles. The highest BCUT2D eigenvalue weighted by atomic mass is 15.2. The van der Waals surface area contributed by atoms with E-state index in [0.717, 1.165) is 24.9 Å². The van der Waals surface area contributed by atoms with Gasteiger partial charge in [-0.3, -0.25) is 0 Å². The van der Waals surface area contributed by atoms with Crippen molar-refractivity contribution in [2.24, 2.45) is 11.7 Å². The van der Waals surface area contributed by atoms with Crippen LogP contribution in [0.5, 0.6) is 0 Å². The zero-order chi connectivity index (χ0) is 10.3. The molecule has 0 unspecified atom stereocenters. The highest BCUT2D eigenvalue weighted by Crippen LogP contribution is 2.44. The maximum Gasteiger partial charge on any atom is 0.0401 e. The number of benzene rings is 1. The van der Waals surface area contributed by atoms with E-state index in [1.165, 1.54) is 30.6 Å². The first-order chi connectivity index (χ1) is 7.38. The molecule has 2 N–H and O–H groups in total. The zero-order valence-electron chi connectivity index (χ0n) is 9.02. The molecule has 0 atom stereocenters. The Hall–Kier alpha value is -1.02. The lowest BCUT2D eigenvalue weighted by molar-refractivity contribution is 0.381. The average Bonchev–Trinajstić information content (AvgIpc) is 2.77. The second-order valence-corrected chi connectivity index (χ2v) is 4.81. The Morgan fingerprint density at radius 3 is 2.73 bits per heavy atom. The van der Waals surface area contributed by atoms with Crippen LogP contribution in [0.1, 0.15) is 18.4 Å². The first-order valence-electron chi connectivity index (χ1n) is 5.93. The molecule has 1 saturated carbocycles. The van der Waals surface area contributed by atoms with Crippen LogP contribution in [0.4, 0.5) is 5.69 Å². The Kier molecular flexibility index (Phi) is 2.17. The van der Waals surface area contributed by atoms with Gasteiger partial charge in [-0.25, -0.2) is 0 Å². The molecule has 2 nitrogen and oxygen atoms in total. The lowest BCUT2D eigenvalue weighted by Crippen LogP contribution is -2.29. The third-order valence-electron chi connectivity index (χ3n) is 3.82. The van der Waals surface area contributed by atoms with Crippen LogP contribution in [0.15, 0.2) is 24.3 Å². The van der Waals surface area contributed by atoms with Crippen molar-refractivity contribution in [3.05, 3.63) is 29.8 Å². The van der Waals surface area contributed by atoms with Crippen LogP contribution in [-0.4, -0.2) is 19.1 Å². The standard InChI is InChI=1S/C13H18N2/c14-6-5-11-3-1-2-4-13(11)15-9-10-7-12(15)8-10/h1-4,10,12H,5-9,14H2. The molecular weight excluding hydrogens is 184 g/mol. The Bertz CT molecular complexity index is 355. The lowest BCUT2D eigenvalue weighted by atomic mass is 9.86. The van der Waals surface area contributed by atoms with Gasteiger partial charge in [0.15, 0.2) is 0 Å². The van der Waals surface area contributed by atoms with Crippen molar-refractivity contribution in [3.8, 4) is 0 Å². The summed E-state index contributed by atoms with van der Waals surface area (Å²) in [6.07, 6.45) is 3.83. The minimum Gasteiger partial charge on any atom is -0.368 e. The Morgan fingerprint density at radius 1 is 1.27 bits per heavy atom. The molecule has 15 heavy (non-hydrogen) atoms. The van der Waals surface area contributed by atoms with Gasteiger partial charge < -0.3 is 10.6 Å². The number of para-hydroxylation sites is 1. The quantitative estimate of drug-likeness (QED) is 0.809. The normalized spacial score (nSPS) is 27.9. The van der Waals surface area contributed by atoms with Crippen molar-refractivity contribution in [3.63, 3.8) is 0 Å². The highest BCUT2D eigenvalue weighted by molar-refractivity contribution is 5.56. The molecule has 1 aliphatic carbocycles. The summed E-state index contributed by atoms with van der Waals surface area (Å²) in [5.41, 5.74) is 8.52. The summed E-state index contributed by atoms with van der Waals surface area (Å²) in [5, 5.41) is 0. The molecule has 3 fully saturated rings. The average molecular weight is 202 g/mol. The summed E-state index contributed by atoms with van der Waals surface area (Å²) in [6.45, 7) is 2.02. The number of nitrogens with zero attached hydrogens (tertiary/aromatic N) is 1. The summed E-state index contributed by atoms with van der Waals surface area (Å²) < 4.78 is 0. The van der Waals surface area contributed by atoms with Crippen LogP contribution in [0, 0.1) is 5.92 Å². The molecule has 80 valence electrons. The number of hydrogen-bond donors (Lipinski definition) is 1. The van der Waals surface area contributed by atoms with E-state index < -0.39 is 0 Å². The monoisotopic (exact) mass is 202 g/mol. The zero-order valence-corrected chi connectivity index (χ0v) is 9.02. The van der Waals surface area contributed by atoms with Gasteiger partial charge in [0.2, 0.25) is 0 Å². The fourth-order valence-electron chi connectivity index (χ4n) is 2.98. The van der Waals surface area contributed by atoms with E-state index >= 15 is 0 Å². The molecule has 2 aliphatic heterocycles. The summed E-state index contributed by atoms with van der Waals surface area (Å²) in [6, 6.07) is 9.57. The van der Waals surface area contributed by atoms with E-state index in [1.54, 1.807) is 0 Å². The van der Waals surface area contributed by atoms with Crippen LogP contribution >= 0.6 is 0 Å². The van der Waals surface area contributed by atoms with E-state index in [-0.39, 0.29) is 0 Å². The number of anilines is 1. The van der Waals surface area contributed by atoms with Gasteiger partial charge in [0, 0.05) is 18.3 Å². The number of fused-ring (bicyclic) bond motifs is 1. The topological polar surface area (TPSA) is 29.3 Å². The third kappa shape index (κ3) is 1.44. The Morgan fingerprint density at radius 2 is 2.07 bits per heavy atom. The number of rotatable bonds is 3. The lowest BCUT2D eigenvalue weighted by Gasteiger charge is -2.28. The first kappa shape index (κ1) is 9.22. The molecule has 3 aliphatic rings. The van der Waals surface area contributed by atoms with Crippen molar-refractivity contribution in [1.29, 1.82) is 0 Å². The molecule has 2 bridgehead atoms. The summed E-state index contributed by atoms with van der Waals surface area (Å²) in [5.74, 6) is 0.973. The Labute approximate surface area is 91.1 Å². The van der Waals surface area contributed by atoms with Crippen LogP contribution in [0.25, 0.3) is 0 Å². The van der Waals surface area contributed by atoms with E-state index in [0.29, 0.717) is 0 Å². The smallest absolute Gasteiger partial charge is 0.0401 e. The number of hydrogen-bond acceptors (Lipinski definition) is 2. The van der Waals surface area contributed by atoms with Crippen molar-refractivity contribution in [2.75, 3.05) is 18.0 Å². The van der Waals surface area contributed by atoms with Crippen molar-refractivity contribution in [2.45, 2.75) is 25.3 Å². The van der Waals surface area contributed by atoms with E-state index in [4.69, 9.17) is 5.73 Å². The van der Waals surface area contributed by atoms with Crippen LogP contribution in [0.2, 0.25) is 0 Å². The molecule has 2 saturated heterocycles. The predicted octanol–water partition coefficient (Wildman–Crippen LogP) is 1.79. The third-order valence-corrected chi connectivity index (χ3v) is 3.82. The SMILES string of the molecule is NCCc1ccccc1N1CC2CC1C2. The molecule has 1 aromatic rings. The van der Waals surface area contributed by atoms with Gasteiger partial charge in [-0.15, -0.1) is 0 Å². The molecule has 0 aromatic heterocycles. The van der Waals surface area contributed by atoms with Crippen LogP contribution in [-0.2, 0) is 6.42 Å². The van der Waals surface area contributed by atoms with E-state index in [9.17, 15) is 0 Å². The fraction of sp³-hybridized carbons (Fsp3) is 0.538. The first-order valence-corrected chi connectivity index (χ1v) is 5.93. The van der Waals surface area contributed by atoms with Crippen LogP contribution < -0.4 is 10.6 Å². The Balaban J connectivity index is 1.89. The van der Waals surface area contributed by atoms with Gasteiger partial charge in [-0.05, 0) is 43.4 Å². The summed E-state index contributed by atoms with van der Waals surface area (Å²) in [7, 11) is 0. The van der Waals surface area contributed by atoms with Gasteiger partial charge in [0.25, 0.3) is 0 Å². The minimum absolute atomic E-state index is 0.749. The molecule has 0 spiro atoms. The van der Waals surface area contributed by atoms with Crippen molar-refractivity contribution in [1.82, 2.24) is 0 Å². The van der Waals surface area contributed by atoms with Crippen molar-refractivity contribution < 1.29 is 0 Å². The second-order valence-electron chi connectivity index (χ2n) is 4.81. The van der Waals surface area contributed by atoms with Crippen LogP contribution in [0.3, 0.4) is 0 Å². The molecule has 2 heteroatoms. The van der Waals surface area contributed by atoms with E-state index in [1.807, 2.05) is 0 Å². The van der Waals surface area contributed by atoms with Crippen molar-refractivity contribution >= 4 is 5.69 Å². The molecule has 4 rings (SSSR count). The minimum atomic E-state index is 0.749. The molecule has 1 aromatic carbocycles. The van der Waals surface area contributed by atoms with Gasteiger partial charge in [0.1, 0.15) is 0 Å². The second kappa shape index (κ2) is 3.53. The maximum atomic E-state index is 5.65. The fourth-order valence-corrected chi connectivity index (χ4v) is 2.98. The highest BCUT2D eigenvalue weighted by Gasteiger charge is 2.42. The molecular formula is C13H18N2. The van der Waals surface area contributed by atoms with Gasteiger partial charge in [-0.2, -0.15) is 0 Å². The van der Waals surface area contributed by atoms with E-state index in [2.05, 4.69) is 29.2 Å². The largest absolute Gasteiger partial charge is 0.368 e. The summed E-state index contributed by atoms with van der Waals surface area (Å²) >= 11 is 0. The summed E-state index contributed by atoms with van der Waals surface area (Å²) in [4.78, 5) is 2.59. The molecule has 0 amide bonds. The maximum absolute atomic E-state index is 5.65. The number of nitrogens with two attached hydrogens (primary N) is 1.